The third-order valence-electron chi connectivity index (χ3n) is 2.41. The quantitative estimate of drug-likeness (QED) is 0.819. The van der Waals surface area contributed by atoms with Gasteiger partial charge in [-0.2, -0.15) is 0 Å². The number of hydrogen-bond acceptors (Lipinski definition) is 4. The van der Waals surface area contributed by atoms with Crippen LogP contribution in [0, 0.1) is 0 Å². The Morgan fingerprint density at radius 3 is 2.78 bits per heavy atom. The SMILES string of the molecule is CCNCc1ccc(OC(C)C(=O)OC)c(Br)c1. The van der Waals surface area contributed by atoms with Crippen molar-refractivity contribution in [3.63, 3.8) is 0 Å². The molecule has 1 atom stereocenters. The highest BCUT2D eigenvalue weighted by Gasteiger charge is 2.16. The number of esters is 1. The van der Waals surface area contributed by atoms with Gasteiger partial charge in [-0.3, -0.25) is 0 Å². The average Bonchev–Trinajstić information content (AvgIpc) is 2.38. The number of carbonyl (C=O) groups is 1. The fourth-order valence-corrected chi connectivity index (χ4v) is 1.94. The first kappa shape index (κ1) is 15.0. The van der Waals surface area contributed by atoms with E-state index in [-0.39, 0.29) is 0 Å². The zero-order valence-electron chi connectivity index (χ0n) is 10.8. The van der Waals surface area contributed by atoms with Gasteiger partial charge in [-0.25, -0.2) is 4.79 Å². The van der Waals surface area contributed by atoms with Crippen molar-refractivity contribution in [1.29, 1.82) is 0 Å². The van der Waals surface area contributed by atoms with Crippen LogP contribution in [0.1, 0.15) is 19.4 Å². The van der Waals surface area contributed by atoms with Gasteiger partial charge in [-0.15, -0.1) is 0 Å². The first-order valence-corrected chi connectivity index (χ1v) is 6.61. The summed E-state index contributed by atoms with van der Waals surface area (Å²) in [4.78, 5) is 11.3. The molecule has 0 amide bonds. The van der Waals surface area contributed by atoms with E-state index in [4.69, 9.17) is 4.74 Å². The van der Waals surface area contributed by atoms with Gasteiger partial charge in [0.2, 0.25) is 0 Å². The van der Waals surface area contributed by atoms with E-state index in [1.807, 2.05) is 18.2 Å². The van der Waals surface area contributed by atoms with E-state index in [0.29, 0.717) is 5.75 Å². The number of methoxy groups -OCH3 is 1. The Morgan fingerprint density at radius 2 is 2.22 bits per heavy atom. The standard InChI is InChI=1S/C13H18BrNO3/c1-4-15-8-10-5-6-12(11(14)7-10)18-9(2)13(16)17-3/h5-7,9,15H,4,8H2,1-3H3. The molecule has 0 aliphatic carbocycles. The molecule has 1 aromatic rings. The Hall–Kier alpha value is -1.07. The van der Waals surface area contributed by atoms with E-state index in [1.54, 1.807) is 6.92 Å². The van der Waals surface area contributed by atoms with Crippen LogP contribution in [0.25, 0.3) is 0 Å². The van der Waals surface area contributed by atoms with Crippen LogP contribution in [0.3, 0.4) is 0 Å². The van der Waals surface area contributed by atoms with Crippen molar-refractivity contribution in [1.82, 2.24) is 5.32 Å². The minimum absolute atomic E-state index is 0.390. The van der Waals surface area contributed by atoms with Crippen LogP contribution in [-0.2, 0) is 16.1 Å². The highest BCUT2D eigenvalue weighted by atomic mass is 79.9. The van der Waals surface area contributed by atoms with E-state index in [2.05, 4.69) is 32.9 Å². The molecule has 0 aliphatic rings. The molecule has 5 heteroatoms. The van der Waals surface area contributed by atoms with Gasteiger partial charge < -0.3 is 14.8 Å². The van der Waals surface area contributed by atoms with Crippen LogP contribution in [-0.4, -0.2) is 25.7 Å². The predicted octanol–water partition coefficient (Wildman–Crippen LogP) is 2.50. The first-order chi connectivity index (χ1) is 8.58. The highest BCUT2D eigenvalue weighted by molar-refractivity contribution is 9.10. The molecule has 1 rings (SSSR count). The van der Waals surface area contributed by atoms with Gasteiger partial charge in [-0.1, -0.05) is 13.0 Å². The van der Waals surface area contributed by atoms with Gasteiger partial charge in [-0.05, 0) is 47.1 Å². The van der Waals surface area contributed by atoms with Crippen molar-refractivity contribution in [2.45, 2.75) is 26.5 Å². The number of ether oxygens (including phenoxy) is 2. The molecule has 0 saturated heterocycles. The Morgan fingerprint density at radius 1 is 1.50 bits per heavy atom. The minimum Gasteiger partial charge on any atom is -0.478 e. The van der Waals surface area contributed by atoms with Gasteiger partial charge in [0.25, 0.3) is 0 Å². The summed E-state index contributed by atoms with van der Waals surface area (Å²) < 4.78 is 11.0. The van der Waals surface area contributed by atoms with Crippen LogP contribution >= 0.6 is 15.9 Å². The smallest absolute Gasteiger partial charge is 0.346 e. The first-order valence-electron chi connectivity index (χ1n) is 5.82. The Labute approximate surface area is 116 Å². The fourth-order valence-electron chi connectivity index (χ4n) is 1.42. The van der Waals surface area contributed by atoms with E-state index < -0.39 is 12.1 Å². The molecule has 0 aliphatic heterocycles. The van der Waals surface area contributed by atoms with Crippen molar-refractivity contribution >= 4 is 21.9 Å². The molecule has 4 nitrogen and oxygen atoms in total. The van der Waals surface area contributed by atoms with Gasteiger partial charge in [0.15, 0.2) is 6.10 Å². The van der Waals surface area contributed by atoms with Crippen LogP contribution in [0.15, 0.2) is 22.7 Å². The summed E-state index contributed by atoms with van der Waals surface area (Å²) in [5.74, 6) is 0.242. The summed E-state index contributed by atoms with van der Waals surface area (Å²) in [6.07, 6.45) is -0.620. The average molecular weight is 316 g/mol. The predicted molar refractivity (Wildman–Crippen MR) is 73.6 cm³/mol. The maximum atomic E-state index is 11.3. The Bertz CT molecular complexity index is 409. The molecule has 0 saturated carbocycles. The summed E-state index contributed by atoms with van der Waals surface area (Å²) >= 11 is 3.43. The molecular formula is C13H18BrNO3. The van der Waals surface area contributed by atoms with Crippen molar-refractivity contribution in [2.75, 3.05) is 13.7 Å². The van der Waals surface area contributed by atoms with Crippen molar-refractivity contribution in [3.8, 4) is 5.75 Å². The van der Waals surface area contributed by atoms with Crippen LogP contribution in [0.2, 0.25) is 0 Å². The van der Waals surface area contributed by atoms with E-state index in [0.717, 1.165) is 23.1 Å². The van der Waals surface area contributed by atoms with Crippen LogP contribution in [0.5, 0.6) is 5.75 Å². The normalized spacial score (nSPS) is 12.0. The highest BCUT2D eigenvalue weighted by Crippen LogP contribution is 2.27. The number of hydrogen-bond donors (Lipinski definition) is 1. The number of halogens is 1. The van der Waals surface area contributed by atoms with Gasteiger partial charge >= 0.3 is 5.97 Å². The Balaban J connectivity index is 2.70. The lowest BCUT2D eigenvalue weighted by Crippen LogP contribution is -2.25. The molecule has 1 N–H and O–H groups in total. The lowest BCUT2D eigenvalue weighted by atomic mass is 10.2. The van der Waals surface area contributed by atoms with E-state index in [1.165, 1.54) is 7.11 Å². The molecule has 1 unspecified atom stereocenters. The number of nitrogens with one attached hydrogen (secondary N) is 1. The molecule has 1 aromatic carbocycles. The third-order valence-corrected chi connectivity index (χ3v) is 3.03. The van der Waals surface area contributed by atoms with Crippen molar-refractivity contribution < 1.29 is 14.3 Å². The van der Waals surface area contributed by atoms with Crippen molar-refractivity contribution in [2.24, 2.45) is 0 Å². The summed E-state index contributed by atoms with van der Waals surface area (Å²) in [6.45, 7) is 5.45. The van der Waals surface area contributed by atoms with Gasteiger partial charge in [0.05, 0.1) is 11.6 Å². The van der Waals surface area contributed by atoms with Gasteiger partial charge in [0.1, 0.15) is 5.75 Å². The maximum absolute atomic E-state index is 11.3. The summed E-state index contributed by atoms with van der Waals surface area (Å²) in [5, 5.41) is 3.24. The minimum atomic E-state index is -0.620. The second kappa shape index (κ2) is 7.38. The lowest BCUT2D eigenvalue weighted by molar-refractivity contribution is -0.147. The molecule has 100 valence electrons. The molecule has 18 heavy (non-hydrogen) atoms. The summed E-state index contributed by atoms with van der Waals surface area (Å²) in [7, 11) is 1.34. The Kier molecular flexibility index (Phi) is 6.15. The fraction of sp³-hybridized carbons (Fsp3) is 0.462. The number of benzene rings is 1. The lowest BCUT2D eigenvalue weighted by Gasteiger charge is -2.14. The second-order valence-electron chi connectivity index (χ2n) is 3.83. The summed E-state index contributed by atoms with van der Waals surface area (Å²) in [6, 6.07) is 5.78. The van der Waals surface area contributed by atoms with Crippen LogP contribution in [0.4, 0.5) is 0 Å². The molecule has 0 radical (unpaired) electrons. The molecular weight excluding hydrogens is 298 g/mol. The monoisotopic (exact) mass is 315 g/mol. The second-order valence-corrected chi connectivity index (χ2v) is 4.68. The topological polar surface area (TPSA) is 47.6 Å². The van der Waals surface area contributed by atoms with E-state index in [9.17, 15) is 4.79 Å². The zero-order valence-corrected chi connectivity index (χ0v) is 12.4. The van der Waals surface area contributed by atoms with Gasteiger partial charge in [0, 0.05) is 6.54 Å². The molecule has 0 heterocycles. The largest absolute Gasteiger partial charge is 0.478 e. The van der Waals surface area contributed by atoms with E-state index >= 15 is 0 Å². The number of carbonyl (C=O) groups excluding carboxylic acids is 1. The molecule has 0 fully saturated rings. The van der Waals surface area contributed by atoms with Crippen LogP contribution < -0.4 is 10.1 Å². The summed E-state index contributed by atoms with van der Waals surface area (Å²) in [5.41, 5.74) is 1.15. The number of rotatable bonds is 6. The maximum Gasteiger partial charge on any atom is 0.346 e. The molecule has 0 spiro atoms. The molecule has 0 bridgehead atoms. The third kappa shape index (κ3) is 4.31. The molecule has 0 aromatic heterocycles. The zero-order chi connectivity index (χ0) is 13.5. The van der Waals surface area contributed by atoms with Crippen molar-refractivity contribution in [3.05, 3.63) is 28.2 Å².